The Morgan fingerprint density at radius 3 is 2.76 bits per heavy atom. The van der Waals surface area contributed by atoms with Crippen LogP contribution in [0.4, 0.5) is 5.13 Å². The van der Waals surface area contributed by atoms with Crippen molar-refractivity contribution in [3.63, 3.8) is 0 Å². The van der Waals surface area contributed by atoms with Crippen molar-refractivity contribution in [1.82, 2.24) is 29.9 Å². The van der Waals surface area contributed by atoms with E-state index in [4.69, 9.17) is 4.74 Å². The molecule has 1 fully saturated rings. The lowest BCUT2D eigenvalue weighted by Gasteiger charge is -2.26. The van der Waals surface area contributed by atoms with E-state index in [9.17, 15) is 4.79 Å². The fourth-order valence-electron chi connectivity index (χ4n) is 2.45. The maximum atomic E-state index is 12.0. The third kappa shape index (κ3) is 4.97. The quantitative estimate of drug-likeness (QED) is 0.708. The summed E-state index contributed by atoms with van der Waals surface area (Å²) in [6.07, 6.45) is 0. The summed E-state index contributed by atoms with van der Waals surface area (Å²) in [7, 11) is 0. The largest absolute Gasteiger partial charge is 0.379 e. The van der Waals surface area contributed by atoms with E-state index in [0.717, 1.165) is 55.4 Å². The Labute approximate surface area is 154 Å². The summed E-state index contributed by atoms with van der Waals surface area (Å²) in [4.78, 5) is 14.3. The van der Waals surface area contributed by atoms with Gasteiger partial charge in [0, 0.05) is 19.6 Å². The predicted octanol–water partition coefficient (Wildman–Crippen LogP) is 1.02. The molecule has 0 spiro atoms. The highest BCUT2D eigenvalue weighted by Gasteiger charge is 2.18. The van der Waals surface area contributed by atoms with E-state index in [1.165, 1.54) is 23.1 Å². The Hall–Kier alpha value is -1.56. The van der Waals surface area contributed by atoms with Crippen LogP contribution in [-0.4, -0.2) is 67.8 Å². The van der Waals surface area contributed by atoms with E-state index >= 15 is 0 Å². The summed E-state index contributed by atoms with van der Waals surface area (Å²) in [6, 6.07) is 0. The number of aryl methyl sites for hydroxylation is 1. The Morgan fingerprint density at radius 1 is 1.28 bits per heavy atom. The fourth-order valence-corrected chi connectivity index (χ4v) is 3.88. The molecule has 1 saturated heterocycles. The topological polar surface area (TPSA) is 98.1 Å². The molecule has 2 aromatic rings. The number of rotatable bonds is 7. The normalized spacial score (nSPS) is 15.4. The minimum absolute atomic E-state index is 0.124. The van der Waals surface area contributed by atoms with Crippen LogP contribution in [0.2, 0.25) is 0 Å². The van der Waals surface area contributed by atoms with Gasteiger partial charge in [-0.3, -0.25) is 15.0 Å². The van der Waals surface area contributed by atoms with Crippen molar-refractivity contribution in [2.45, 2.75) is 32.1 Å². The highest BCUT2D eigenvalue weighted by atomic mass is 32.2. The number of nitrogens with zero attached hydrogens (tertiary/aromatic N) is 6. The molecule has 0 atom stereocenters. The molecule has 1 aliphatic rings. The molecule has 0 aromatic carbocycles. The first-order valence-electron chi connectivity index (χ1n) is 8.10. The molecule has 0 unspecified atom stereocenters. The molecule has 3 rings (SSSR count). The summed E-state index contributed by atoms with van der Waals surface area (Å²) < 4.78 is 7.43. The van der Waals surface area contributed by atoms with Gasteiger partial charge in [-0.2, -0.15) is 0 Å². The van der Waals surface area contributed by atoms with E-state index in [1.807, 2.05) is 6.92 Å². The Balaban J connectivity index is 1.55. The number of anilines is 1. The molecular formula is C14H21N7O2S2. The van der Waals surface area contributed by atoms with E-state index in [0.29, 0.717) is 5.13 Å². The highest BCUT2D eigenvalue weighted by Crippen LogP contribution is 2.19. The molecule has 25 heavy (non-hydrogen) atoms. The smallest absolute Gasteiger partial charge is 0.236 e. The van der Waals surface area contributed by atoms with Gasteiger partial charge in [0.25, 0.3) is 0 Å². The maximum absolute atomic E-state index is 12.0. The number of hydrogen-bond acceptors (Lipinski definition) is 9. The van der Waals surface area contributed by atoms with Crippen LogP contribution in [0, 0.1) is 6.92 Å². The van der Waals surface area contributed by atoms with Crippen molar-refractivity contribution in [3.8, 4) is 0 Å². The summed E-state index contributed by atoms with van der Waals surface area (Å²) in [6.45, 7) is 8.75. The molecule has 0 saturated carbocycles. The minimum atomic E-state index is -0.124. The second-order valence-electron chi connectivity index (χ2n) is 5.49. The maximum Gasteiger partial charge on any atom is 0.236 e. The molecule has 3 heterocycles. The van der Waals surface area contributed by atoms with Gasteiger partial charge in [-0.25, -0.2) is 0 Å². The van der Waals surface area contributed by atoms with E-state index < -0.39 is 0 Å². The molecule has 0 aliphatic carbocycles. The van der Waals surface area contributed by atoms with Crippen molar-refractivity contribution in [2.75, 3.05) is 37.4 Å². The van der Waals surface area contributed by atoms with E-state index in [2.05, 4.69) is 42.1 Å². The number of aromatic nitrogens is 5. The predicted molar refractivity (Wildman–Crippen MR) is 95.8 cm³/mol. The molecule has 0 bridgehead atoms. The molecule has 11 heteroatoms. The molecule has 1 N–H and O–H groups in total. The van der Waals surface area contributed by atoms with Crippen molar-refractivity contribution in [2.24, 2.45) is 0 Å². The van der Waals surface area contributed by atoms with Gasteiger partial charge in [-0.05, 0) is 13.8 Å². The van der Waals surface area contributed by atoms with Crippen LogP contribution in [0.3, 0.4) is 0 Å². The standard InChI is InChI=1S/C14H21N7O2S2/c1-3-21-11(8-20-4-6-23-7-5-20)17-19-14(21)24-9-12(22)15-13-18-16-10(2)25-13/h3-9H2,1-2H3,(H,15,18,22). The molecule has 1 amide bonds. The first-order chi connectivity index (χ1) is 12.2. The number of morpholine rings is 1. The van der Waals surface area contributed by atoms with Gasteiger partial charge in [-0.15, -0.1) is 20.4 Å². The molecular weight excluding hydrogens is 362 g/mol. The Morgan fingerprint density at radius 2 is 2.08 bits per heavy atom. The van der Waals surface area contributed by atoms with Crippen molar-refractivity contribution < 1.29 is 9.53 Å². The average Bonchev–Trinajstić information content (AvgIpc) is 3.19. The molecule has 1 aliphatic heterocycles. The Kier molecular flexibility index (Phi) is 6.34. The number of hydrogen-bond donors (Lipinski definition) is 1. The zero-order valence-corrected chi connectivity index (χ0v) is 15.9. The fraction of sp³-hybridized carbons (Fsp3) is 0.643. The van der Waals surface area contributed by atoms with Gasteiger partial charge in [0.05, 0.1) is 25.5 Å². The first kappa shape index (κ1) is 18.2. The lowest BCUT2D eigenvalue weighted by molar-refractivity contribution is -0.113. The zero-order valence-electron chi connectivity index (χ0n) is 14.3. The van der Waals surface area contributed by atoms with Crippen LogP contribution in [0.1, 0.15) is 17.8 Å². The SMILES string of the molecule is CCn1c(CN2CCOCC2)nnc1SCC(=O)Nc1nnc(C)s1. The lowest BCUT2D eigenvalue weighted by atomic mass is 10.4. The number of thioether (sulfide) groups is 1. The van der Waals surface area contributed by atoms with Crippen molar-refractivity contribution in [1.29, 1.82) is 0 Å². The highest BCUT2D eigenvalue weighted by molar-refractivity contribution is 7.99. The van der Waals surface area contributed by atoms with Crippen LogP contribution >= 0.6 is 23.1 Å². The van der Waals surface area contributed by atoms with E-state index in [-0.39, 0.29) is 11.7 Å². The third-order valence-electron chi connectivity index (χ3n) is 3.68. The molecule has 9 nitrogen and oxygen atoms in total. The van der Waals surface area contributed by atoms with Gasteiger partial charge in [0.15, 0.2) is 5.16 Å². The van der Waals surface area contributed by atoms with Crippen LogP contribution in [0.5, 0.6) is 0 Å². The number of carbonyl (C=O) groups excluding carboxylic acids is 1. The van der Waals surface area contributed by atoms with Crippen molar-refractivity contribution in [3.05, 3.63) is 10.8 Å². The number of amides is 1. The summed E-state index contributed by atoms with van der Waals surface area (Å²) >= 11 is 2.74. The number of nitrogens with one attached hydrogen (secondary N) is 1. The van der Waals surface area contributed by atoms with Gasteiger partial charge >= 0.3 is 0 Å². The minimum Gasteiger partial charge on any atom is -0.379 e. The van der Waals surface area contributed by atoms with Crippen LogP contribution in [-0.2, 0) is 22.6 Å². The molecule has 2 aromatic heterocycles. The molecule has 136 valence electrons. The van der Waals surface area contributed by atoms with Crippen LogP contribution in [0.15, 0.2) is 5.16 Å². The summed E-state index contributed by atoms with van der Waals surface area (Å²) in [5.74, 6) is 1.06. The van der Waals surface area contributed by atoms with Gasteiger partial charge in [0.2, 0.25) is 11.0 Å². The van der Waals surface area contributed by atoms with Crippen molar-refractivity contribution >= 4 is 34.1 Å². The molecule has 0 radical (unpaired) electrons. The van der Waals surface area contributed by atoms with Gasteiger partial charge < -0.3 is 9.30 Å². The van der Waals surface area contributed by atoms with Gasteiger partial charge in [-0.1, -0.05) is 23.1 Å². The van der Waals surface area contributed by atoms with E-state index in [1.54, 1.807) is 0 Å². The second-order valence-corrected chi connectivity index (χ2v) is 7.62. The van der Waals surface area contributed by atoms with Gasteiger partial charge in [0.1, 0.15) is 10.8 Å². The van der Waals surface area contributed by atoms with Crippen LogP contribution < -0.4 is 5.32 Å². The monoisotopic (exact) mass is 383 g/mol. The zero-order chi connectivity index (χ0) is 17.6. The third-order valence-corrected chi connectivity index (χ3v) is 5.40. The average molecular weight is 384 g/mol. The second kappa shape index (κ2) is 8.70. The summed E-state index contributed by atoms with van der Waals surface area (Å²) in [5, 5.41) is 21.2. The summed E-state index contributed by atoms with van der Waals surface area (Å²) in [5.41, 5.74) is 0. The number of ether oxygens (including phenoxy) is 1. The number of carbonyl (C=O) groups is 1. The lowest BCUT2D eigenvalue weighted by Crippen LogP contribution is -2.36. The van der Waals surface area contributed by atoms with Crippen LogP contribution in [0.25, 0.3) is 0 Å². The Bertz CT molecular complexity index is 712. The first-order valence-corrected chi connectivity index (χ1v) is 9.91.